The first-order valence-corrected chi connectivity index (χ1v) is 6.99. The molecule has 0 N–H and O–H groups in total. The van der Waals surface area contributed by atoms with E-state index in [1.807, 2.05) is 0 Å². The molecular formula is C10H15N3O4S. The first kappa shape index (κ1) is 13.0. The summed E-state index contributed by atoms with van der Waals surface area (Å²) in [4.78, 5) is 15.4. The molecule has 2 rings (SSSR count). The summed E-state index contributed by atoms with van der Waals surface area (Å²) >= 11 is 0. The Bertz CT molecular complexity index is 551. The lowest BCUT2D eigenvalue weighted by molar-refractivity contribution is -0.144. The summed E-state index contributed by atoms with van der Waals surface area (Å²) in [7, 11) is -0.890. The summed E-state index contributed by atoms with van der Waals surface area (Å²) in [6.07, 6.45) is 4.09. The standard InChI is InChI=1S/C10H15N3O4S/c1-12-7-5-11-10(12)18(15,16)13-6-3-4-8(13)9(14)17-2/h5,7-8H,3-4,6H2,1-2H3/t8-/m0/s1. The van der Waals surface area contributed by atoms with E-state index in [1.165, 1.54) is 22.2 Å². The van der Waals surface area contributed by atoms with Crippen LogP contribution < -0.4 is 0 Å². The van der Waals surface area contributed by atoms with E-state index in [9.17, 15) is 13.2 Å². The number of ether oxygens (including phenoxy) is 1. The Hall–Kier alpha value is -1.41. The van der Waals surface area contributed by atoms with Crippen LogP contribution >= 0.6 is 0 Å². The number of sulfonamides is 1. The minimum Gasteiger partial charge on any atom is -0.468 e. The number of hydrogen-bond donors (Lipinski definition) is 0. The molecule has 2 heterocycles. The minimum absolute atomic E-state index is 0.0571. The Labute approximate surface area is 105 Å². The van der Waals surface area contributed by atoms with Crippen LogP contribution in [0, 0.1) is 0 Å². The van der Waals surface area contributed by atoms with Gasteiger partial charge < -0.3 is 9.30 Å². The molecule has 0 amide bonds. The van der Waals surface area contributed by atoms with Gasteiger partial charge in [0.1, 0.15) is 6.04 Å². The fourth-order valence-corrected chi connectivity index (χ4v) is 3.83. The Morgan fingerprint density at radius 2 is 2.28 bits per heavy atom. The van der Waals surface area contributed by atoms with Crippen LogP contribution in [0.2, 0.25) is 0 Å². The second kappa shape index (κ2) is 4.69. The molecule has 1 aliphatic rings. The Balaban J connectivity index is 2.36. The van der Waals surface area contributed by atoms with E-state index < -0.39 is 22.0 Å². The fraction of sp³-hybridized carbons (Fsp3) is 0.600. The van der Waals surface area contributed by atoms with E-state index in [2.05, 4.69) is 9.72 Å². The molecule has 100 valence electrons. The maximum absolute atomic E-state index is 12.4. The van der Waals surface area contributed by atoms with Gasteiger partial charge in [0.2, 0.25) is 5.16 Å². The fourth-order valence-electron chi connectivity index (χ4n) is 2.10. The molecule has 1 saturated heterocycles. The maximum atomic E-state index is 12.4. The highest BCUT2D eigenvalue weighted by Crippen LogP contribution is 2.25. The lowest BCUT2D eigenvalue weighted by Crippen LogP contribution is -2.41. The monoisotopic (exact) mass is 273 g/mol. The number of aryl methyl sites for hydroxylation is 1. The van der Waals surface area contributed by atoms with Crippen molar-refractivity contribution in [2.45, 2.75) is 24.0 Å². The molecule has 1 aliphatic heterocycles. The highest BCUT2D eigenvalue weighted by atomic mass is 32.2. The van der Waals surface area contributed by atoms with Crippen LogP contribution in [0.5, 0.6) is 0 Å². The zero-order valence-corrected chi connectivity index (χ0v) is 11.1. The molecule has 1 aromatic rings. The SMILES string of the molecule is COC(=O)[C@@H]1CCCN1S(=O)(=O)c1nccn1C. The smallest absolute Gasteiger partial charge is 0.324 e. The largest absolute Gasteiger partial charge is 0.468 e. The third-order valence-electron chi connectivity index (χ3n) is 2.99. The first-order chi connectivity index (χ1) is 8.48. The van der Waals surface area contributed by atoms with E-state index in [0.29, 0.717) is 19.4 Å². The summed E-state index contributed by atoms with van der Waals surface area (Å²) in [5, 5.41) is -0.0571. The highest BCUT2D eigenvalue weighted by Gasteiger charge is 2.41. The zero-order chi connectivity index (χ0) is 13.3. The molecule has 0 unspecified atom stereocenters. The van der Waals surface area contributed by atoms with Gasteiger partial charge in [-0.15, -0.1) is 0 Å². The number of carbonyl (C=O) groups excluding carboxylic acids is 1. The van der Waals surface area contributed by atoms with Gasteiger partial charge in [-0.25, -0.2) is 13.4 Å². The first-order valence-electron chi connectivity index (χ1n) is 5.55. The molecule has 1 aromatic heterocycles. The number of imidazole rings is 1. The molecule has 0 spiro atoms. The molecule has 0 aliphatic carbocycles. The van der Waals surface area contributed by atoms with Crippen molar-refractivity contribution in [3.05, 3.63) is 12.4 Å². The van der Waals surface area contributed by atoms with E-state index in [1.54, 1.807) is 13.2 Å². The summed E-state index contributed by atoms with van der Waals surface area (Å²) in [6.45, 7) is 0.314. The van der Waals surface area contributed by atoms with Crippen LogP contribution in [0.25, 0.3) is 0 Å². The predicted octanol–water partition coefficient (Wildman–Crippen LogP) is -0.254. The number of carbonyl (C=O) groups is 1. The van der Waals surface area contributed by atoms with Gasteiger partial charge in [-0.05, 0) is 12.8 Å². The van der Waals surface area contributed by atoms with Gasteiger partial charge in [0.05, 0.1) is 7.11 Å². The molecule has 0 bridgehead atoms. The van der Waals surface area contributed by atoms with Gasteiger partial charge in [-0.3, -0.25) is 4.79 Å². The van der Waals surface area contributed by atoms with E-state index in [4.69, 9.17) is 0 Å². The van der Waals surface area contributed by atoms with Crippen molar-refractivity contribution in [3.8, 4) is 0 Å². The number of nitrogens with zero attached hydrogens (tertiary/aromatic N) is 3. The van der Waals surface area contributed by atoms with Crippen molar-refractivity contribution in [2.24, 2.45) is 7.05 Å². The number of methoxy groups -OCH3 is 1. The molecule has 7 nitrogen and oxygen atoms in total. The van der Waals surface area contributed by atoms with Crippen molar-refractivity contribution >= 4 is 16.0 Å². The number of esters is 1. The van der Waals surface area contributed by atoms with Crippen LogP contribution in [0.4, 0.5) is 0 Å². The Kier molecular flexibility index (Phi) is 3.40. The summed E-state index contributed by atoms with van der Waals surface area (Å²) in [5.41, 5.74) is 0. The van der Waals surface area contributed by atoms with Crippen LogP contribution in [-0.4, -0.2) is 47.9 Å². The molecule has 8 heteroatoms. The third-order valence-corrected chi connectivity index (χ3v) is 4.90. The molecule has 1 fully saturated rings. The number of aromatic nitrogens is 2. The number of rotatable bonds is 3. The molecular weight excluding hydrogens is 258 g/mol. The van der Waals surface area contributed by atoms with Crippen molar-refractivity contribution in [3.63, 3.8) is 0 Å². The second-order valence-electron chi connectivity index (χ2n) is 4.12. The van der Waals surface area contributed by atoms with Crippen molar-refractivity contribution < 1.29 is 17.9 Å². The average Bonchev–Trinajstić information content (AvgIpc) is 2.96. The van der Waals surface area contributed by atoms with E-state index in [0.717, 1.165) is 0 Å². The summed E-state index contributed by atoms with van der Waals surface area (Å²) in [6, 6.07) is -0.739. The molecule has 18 heavy (non-hydrogen) atoms. The number of hydrogen-bond acceptors (Lipinski definition) is 5. The third kappa shape index (κ3) is 2.01. The summed E-state index contributed by atoms with van der Waals surface area (Å²) in [5.74, 6) is -0.523. The van der Waals surface area contributed by atoms with Gasteiger partial charge in [0.15, 0.2) is 0 Å². The van der Waals surface area contributed by atoms with Gasteiger partial charge in [0, 0.05) is 26.0 Å². The second-order valence-corrected chi connectivity index (χ2v) is 5.90. The van der Waals surface area contributed by atoms with Gasteiger partial charge in [-0.1, -0.05) is 0 Å². The van der Waals surface area contributed by atoms with Crippen molar-refractivity contribution in [1.82, 2.24) is 13.9 Å². The van der Waals surface area contributed by atoms with E-state index >= 15 is 0 Å². The van der Waals surface area contributed by atoms with E-state index in [-0.39, 0.29) is 5.16 Å². The van der Waals surface area contributed by atoms with Crippen LogP contribution in [0.3, 0.4) is 0 Å². The predicted molar refractivity (Wildman–Crippen MR) is 62.1 cm³/mol. The van der Waals surface area contributed by atoms with Crippen molar-refractivity contribution in [1.29, 1.82) is 0 Å². The summed E-state index contributed by atoms with van der Waals surface area (Å²) < 4.78 is 32.0. The maximum Gasteiger partial charge on any atom is 0.324 e. The van der Waals surface area contributed by atoms with Crippen molar-refractivity contribution in [2.75, 3.05) is 13.7 Å². The molecule has 0 saturated carbocycles. The zero-order valence-electron chi connectivity index (χ0n) is 10.2. The molecule has 1 atom stereocenters. The Morgan fingerprint density at radius 3 is 2.83 bits per heavy atom. The van der Waals surface area contributed by atoms with Crippen LogP contribution in [0.1, 0.15) is 12.8 Å². The highest BCUT2D eigenvalue weighted by molar-refractivity contribution is 7.89. The normalized spacial score (nSPS) is 21.1. The van der Waals surface area contributed by atoms with Gasteiger partial charge in [0.25, 0.3) is 10.0 Å². The molecule has 0 aromatic carbocycles. The topological polar surface area (TPSA) is 81.5 Å². The lowest BCUT2D eigenvalue weighted by Gasteiger charge is -2.21. The lowest BCUT2D eigenvalue weighted by atomic mass is 10.2. The minimum atomic E-state index is -3.75. The van der Waals surface area contributed by atoms with Gasteiger partial charge in [-0.2, -0.15) is 4.31 Å². The quantitative estimate of drug-likeness (QED) is 0.709. The van der Waals surface area contributed by atoms with Crippen LogP contribution in [0.15, 0.2) is 17.6 Å². The average molecular weight is 273 g/mol. The Morgan fingerprint density at radius 1 is 1.56 bits per heavy atom. The van der Waals surface area contributed by atoms with Gasteiger partial charge >= 0.3 is 5.97 Å². The van der Waals surface area contributed by atoms with Crippen LogP contribution in [-0.2, 0) is 26.6 Å². The molecule has 0 radical (unpaired) electrons.